The van der Waals surface area contributed by atoms with Crippen LogP contribution in [0.2, 0.25) is 0 Å². The summed E-state index contributed by atoms with van der Waals surface area (Å²) in [7, 11) is 0. The molecule has 0 aromatic rings. The number of rotatable bonds is 14. The molecule has 3 N–H and O–H groups in total. The summed E-state index contributed by atoms with van der Waals surface area (Å²) in [6.45, 7) is 3.25. The van der Waals surface area contributed by atoms with Gasteiger partial charge < -0.3 is 15.2 Å². The van der Waals surface area contributed by atoms with Crippen molar-refractivity contribution in [1.29, 1.82) is 0 Å². The first-order valence-electron chi connectivity index (χ1n) is 10.7. The zero-order valence-corrected chi connectivity index (χ0v) is 18.0. The van der Waals surface area contributed by atoms with Crippen LogP contribution in [0, 0.1) is 11.8 Å². The topological polar surface area (TPSA) is 96.9 Å². The molecule has 4 atom stereocenters. The van der Waals surface area contributed by atoms with Gasteiger partial charge in [0.15, 0.2) is 0 Å². The molecular weight excluding hydrogens is 392 g/mol. The van der Waals surface area contributed by atoms with Crippen LogP contribution in [0.3, 0.4) is 0 Å². The van der Waals surface area contributed by atoms with Gasteiger partial charge in [-0.2, -0.15) is 0 Å². The van der Waals surface area contributed by atoms with E-state index in [0.29, 0.717) is 36.4 Å². The van der Waals surface area contributed by atoms with E-state index in [1.165, 1.54) is 0 Å². The number of ether oxygens (including phenoxy) is 1. The summed E-state index contributed by atoms with van der Waals surface area (Å²) < 4.78 is 6.08. The number of nitrogens with one attached hydrogen (secondary N) is 2. The maximum Gasteiger partial charge on any atom is 0.303 e. The van der Waals surface area contributed by atoms with Crippen LogP contribution in [0.15, 0.2) is 12.2 Å². The molecule has 2 rings (SSSR count). The van der Waals surface area contributed by atoms with Crippen LogP contribution in [-0.4, -0.2) is 47.3 Å². The highest BCUT2D eigenvalue weighted by atomic mass is 32.1. The molecule has 0 aromatic heterocycles. The van der Waals surface area contributed by atoms with Gasteiger partial charge in [-0.05, 0) is 44.4 Å². The third-order valence-electron chi connectivity index (χ3n) is 5.57. The minimum atomic E-state index is -0.752. The number of carboxylic acids is 1. The Morgan fingerprint density at radius 3 is 2.69 bits per heavy atom. The van der Waals surface area contributed by atoms with E-state index in [0.717, 1.165) is 38.5 Å². The molecule has 2 fully saturated rings. The summed E-state index contributed by atoms with van der Waals surface area (Å²) in [5.41, 5.74) is 2.66. The Morgan fingerprint density at radius 2 is 1.97 bits per heavy atom. The van der Waals surface area contributed by atoms with E-state index in [2.05, 4.69) is 29.9 Å². The largest absolute Gasteiger partial charge is 0.481 e. The van der Waals surface area contributed by atoms with Gasteiger partial charge in [0.05, 0.1) is 25.2 Å². The SMILES string of the molecule is CCCCONC(=S)CC(=O)NC[C@H]1[C@@H](CC=CCCCC(=O)O)[C@H]2CC[C@@H]1O2. The van der Waals surface area contributed by atoms with Crippen molar-refractivity contribution in [2.75, 3.05) is 13.2 Å². The molecule has 0 aromatic carbocycles. The Hall–Kier alpha value is -1.51. The fourth-order valence-electron chi connectivity index (χ4n) is 4.05. The molecule has 8 heteroatoms. The molecule has 0 unspecified atom stereocenters. The second kappa shape index (κ2) is 12.9. The Labute approximate surface area is 178 Å². The number of unbranched alkanes of at least 4 members (excludes halogenated alkanes) is 2. The molecule has 0 saturated carbocycles. The average molecular weight is 427 g/mol. The Kier molecular flexibility index (Phi) is 10.6. The number of carbonyl (C=O) groups excluding carboxylic acids is 1. The molecule has 2 aliphatic heterocycles. The van der Waals surface area contributed by atoms with Crippen LogP contribution in [0.4, 0.5) is 0 Å². The predicted molar refractivity (Wildman–Crippen MR) is 114 cm³/mol. The molecule has 2 aliphatic rings. The second-order valence-corrected chi connectivity index (χ2v) is 8.31. The van der Waals surface area contributed by atoms with Crippen LogP contribution in [0.5, 0.6) is 0 Å². The smallest absolute Gasteiger partial charge is 0.303 e. The zero-order chi connectivity index (χ0) is 21.1. The molecule has 0 radical (unpaired) electrons. The van der Waals surface area contributed by atoms with Crippen LogP contribution >= 0.6 is 12.2 Å². The van der Waals surface area contributed by atoms with Gasteiger partial charge in [-0.15, -0.1) is 0 Å². The normalized spacial score (nSPS) is 25.4. The first-order chi connectivity index (χ1) is 14.0. The number of amides is 1. The highest BCUT2D eigenvalue weighted by Gasteiger charge is 2.47. The molecule has 1 amide bonds. The van der Waals surface area contributed by atoms with Crippen LogP contribution in [0.1, 0.15) is 64.7 Å². The van der Waals surface area contributed by atoms with E-state index in [1.807, 2.05) is 0 Å². The van der Waals surface area contributed by atoms with Gasteiger partial charge >= 0.3 is 5.97 Å². The fraction of sp³-hybridized carbons (Fsp3) is 0.762. The van der Waals surface area contributed by atoms with Crippen LogP contribution in [0.25, 0.3) is 0 Å². The summed E-state index contributed by atoms with van der Waals surface area (Å²) in [4.78, 5) is 28.4. The summed E-state index contributed by atoms with van der Waals surface area (Å²) >= 11 is 5.15. The molecule has 7 nitrogen and oxygen atoms in total. The van der Waals surface area contributed by atoms with Gasteiger partial charge in [0.25, 0.3) is 0 Å². The summed E-state index contributed by atoms with van der Waals surface area (Å²) in [5.74, 6) is -0.152. The van der Waals surface area contributed by atoms with E-state index >= 15 is 0 Å². The third-order valence-corrected chi connectivity index (χ3v) is 5.80. The number of carbonyl (C=O) groups is 2. The quantitative estimate of drug-likeness (QED) is 0.170. The van der Waals surface area contributed by atoms with Crippen molar-refractivity contribution in [3.63, 3.8) is 0 Å². The number of thiocarbonyl (C=S) groups is 1. The van der Waals surface area contributed by atoms with Crippen molar-refractivity contribution in [3.05, 3.63) is 12.2 Å². The standard InChI is InChI=1S/C21H34N2O5S/c1-2-3-12-27-23-20(29)13-19(24)22-14-16-15(17-10-11-18(16)28-17)8-6-4-5-7-9-21(25)26/h4,6,15-18H,2-3,5,7-14H2,1H3,(H,22,24)(H,23,29)(H,25,26)/t15-,16+,17-,18+/m1/s1. The van der Waals surface area contributed by atoms with Gasteiger partial charge in [-0.1, -0.05) is 37.7 Å². The number of hydrogen-bond acceptors (Lipinski definition) is 5. The van der Waals surface area contributed by atoms with E-state index in [1.54, 1.807) is 0 Å². The number of hydrogen-bond donors (Lipinski definition) is 3. The lowest BCUT2D eigenvalue weighted by Gasteiger charge is -2.27. The lowest BCUT2D eigenvalue weighted by atomic mass is 9.77. The summed E-state index contributed by atoms with van der Waals surface area (Å²) in [6, 6.07) is 0. The van der Waals surface area contributed by atoms with Crippen molar-refractivity contribution < 1.29 is 24.3 Å². The number of allylic oxidation sites excluding steroid dienone is 2. The van der Waals surface area contributed by atoms with Crippen LogP contribution in [-0.2, 0) is 19.2 Å². The minimum absolute atomic E-state index is 0.104. The molecular formula is C21H34N2O5S. The summed E-state index contributed by atoms with van der Waals surface area (Å²) in [5, 5.41) is 11.7. The van der Waals surface area contributed by atoms with E-state index in [9.17, 15) is 9.59 Å². The Morgan fingerprint density at radius 1 is 1.21 bits per heavy atom. The second-order valence-electron chi connectivity index (χ2n) is 7.82. The summed E-state index contributed by atoms with van der Waals surface area (Å²) in [6.07, 6.45) is 11.5. The highest BCUT2D eigenvalue weighted by Crippen LogP contribution is 2.44. The first-order valence-corrected chi connectivity index (χ1v) is 11.1. The van der Waals surface area contributed by atoms with Gasteiger partial charge in [-0.3, -0.25) is 19.9 Å². The van der Waals surface area contributed by atoms with Crippen molar-refractivity contribution in [3.8, 4) is 0 Å². The number of hydroxylamine groups is 1. The lowest BCUT2D eigenvalue weighted by molar-refractivity contribution is -0.137. The predicted octanol–water partition coefficient (Wildman–Crippen LogP) is 3.14. The fourth-order valence-corrected chi connectivity index (χ4v) is 4.24. The van der Waals surface area contributed by atoms with Crippen molar-refractivity contribution in [2.24, 2.45) is 11.8 Å². The van der Waals surface area contributed by atoms with E-state index < -0.39 is 5.97 Å². The van der Waals surface area contributed by atoms with Gasteiger partial charge in [0.1, 0.15) is 4.99 Å². The third kappa shape index (κ3) is 8.40. The van der Waals surface area contributed by atoms with Crippen molar-refractivity contribution >= 4 is 29.1 Å². The molecule has 164 valence electrons. The van der Waals surface area contributed by atoms with Crippen molar-refractivity contribution in [2.45, 2.75) is 76.9 Å². The molecule has 29 heavy (non-hydrogen) atoms. The van der Waals surface area contributed by atoms with Gasteiger partial charge in [0, 0.05) is 18.9 Å². The lowest BCUT2D eigenvalue weighted by Crippen LogP contribution is -2.39. The average Bonchev–Trinajstić information content (AvgIpc) is 3.28. The van der Waals surface area contributed by atoms with Crippen LogP contribution < -0.4 is 10.8 Å². The maximum atomic E-state index is 12.2. The molecule has 2 heterocycles. The number of aliphatic carboxylic acids is 1. The molecule has 0 spiro atoms. The molecule has 0 aliphatic carbocycles. The van der Waals surface area contributed by atoms with Gasteiger partial charge in [-0.25, -0.2) is 0 Å². The van der Waals surface area contributed by atoms with E-state index in [-0.39, 0.29) is 31.0 Å². The zero-order valence-electron chi connectivity index (χ0n) is 17.2. The monoisotopic (exact) mass is 426 g/mol. The maximum absolute atomic E-state index is 12.2. The highest BCUT2D eigenvalue weighted by molar-refractivity contribution is 7.80. The molecule has 2 bridgehead atoms. The van der Waals surface area contributed by atoms with Gasteiger partial charge in [0.2, 0.25) is 5.91 Å². The number of carboxylic acid groups (broad SMARTS) is 1. The van der Waals surface area contributed by atoms with E-state index in [4.69, 9.17) is 26.9 Å². The first kappa shape index (κ1) is 23.8. The Balaban J connectivity index is 1.69. The Bertz CT molecular complexity index is 583. The number of fused-ring (bicyclic) bond motifs is 2. The minimum Gasteiger partial charge on any atom is -0.481 e. The molecule has 2 saturated heterocycles. The van der Waals surface area contributed by atoms with Crippen molar-refractivity contribution in [1.82, 2.24) is 10.8 Å².